The quantitative estimate of drug-likeness (QED) is 0.834. The summed E-state index contributed by atoms with van der Waals surface area (Å²) >= 11 is 0. The highest BCUT2D eigenvalue weighted by Gasteiger charge is 2.46. The average molecular weight is 334 g/mol. The van der Waals surface area contributed by atoms with Crippen LogP contribution in [-0.2, 0) is 16.0 Å². The molecule has 128 valence electrons. The molecule has 1 aromatic carbocycles. The van der Waals surface area contributed by atoms with E-state index in [9.17, 15) is 4.79 Å². The maximum Gasteiger partial charge on any atom is 0.249 e. The number of fused-ring (bicyclic) bond motifs is 2. The van der Waals surface area contributed by atoms with Gasteiger partial charge in [-0.3, -0.25) is 4.79 Å². The summed E-state index contributed by atoms with van der Waals surface area (Å²) in [4.78, 5) is 17.1. The number of methoxy groups -OCH3 is 1. The van der Waals surface area contributed by atoms with Crippen LogP contribution in [0.4, 0.5) is 5.69 Å². The molecule has 2 atom stereocenters. The molecular weight excluding hydrogens is 312 g/mol. The molecule has 5 rings (SSSR count). The second-order valence-electron chi connectivity index (χ2n) is 7.21. The van der Waals surface area contributed by atoms with Crippen molar-refractivity contribution in [2.45, 2.75) is 18.9 Å². The summed E-state index contributed by atoms with van der Waals surface area (Å²) in [6.07, 6.45) is 8.73. The fourth-order valence-electron chi connectivity index (χ4n) is 4.93. The number of benzene rings is 1. The van der Waals surface area contributed by atoms with Crippen LogP contribution in [0, 0.1) is 5.92 Å². The highest BCUT2D eigenvalue weighted by atomic mass is 16.5. The van der Waals surface area contributed by atoms with Crippen LogP contribution in [0.25, 0.3) is 0 Å². The lowest BCUT2D eigenvalue weighted by molar-refractivity contribution is -0.137. The van der Waals surface area contributed by atoms with Gasteiger partial charge in [0.05, 0.1) is 6.04 Å². The largest absolute Gasteiger partial charge is 0.375 e. The molecule has 4 aliphatic rings. The Morgan fingerprint density at radius 2 is 2.16 bits per heavy atom. The maximum absolute atomic E-state index is 12.6. The summed E-state index contributed by atoms with van der Waals surface area (Å²) in [5.41, 5.74) is 6.92. The predicted molar refractivity (Wildman–Crippen MR) is 97.2 cm³/mol. The van der Waals surface area contributed by atoms with Crippen molar-refractivity contribution in [2.24, 2.45) is 5.92 Å². The lowest BCUT2D eigenvalue weighted by Crippen LogP contribution is -2.53. The van der Waals surface area contributed by atoms with Crippen molar-refractivity contribution in [3.8, 4) is 0 Å². The molecule has 0 bridgehead atoms. The second-order valence-corrected chi connectivity index (χ2v) is 7.21. The summed E-state index contributed by atoms with van der Waals surface area (Å²) in [5.74, 6) is 0.527. The van der Waals surface area contributed by atoms with E-state index in [0.29, 0.717) is 5.92 Å². The van der Waals surface area contributed by atoms with E-state index in [2.05, 4.69) is 47.4 Å². The van der Waals surface area contributed by atoms with E-state index >= 15 is 0 Å². The van der Waals surface area contributed by atoms with Crippen molar-refractivity contribution in [2.75, 3.05) is 31.7 Å². The molecular formula is C21H22N2O2. The van der Waals surface area contributed by atoms with Crippen molar-refractivity contribution >= 4 is 11.6 Å². The third kappa shape index (κ3) is 2.13. The van der Waals surface area contributed by atoms with Crippen molar-refractivity contribution in [3.63, 3.8) is 0 Å². The Labute approximate surface area is 148 Å². The topological polar surface area (TPSA) is 32.8 Å². The maximum atomic E-state index is 12.6. The van der Waals surface area contributed by atoms with Gasteiger partial charge in [0.2, 0.25) is 5.91 Å². The number of piperazine rings is 1. The zero-order valence-electron chi connectivity index (χ0n) is 14.4. The fraction of sp³-hybridized carbons (Fsp3) is 0.381. The molecule has 25 heavy (non-hydrogen) atoms. The third-order valence-electron chi connectivity index (χ3n) is 5.91. The Balaban J connectivity index is 1.66. The third-order valence-corrected chi connectivity index (χ3v) is 5.91. The van der Waals surface area contributed by atoms with Crippen LogP contribution in [0.1, 0.15) is 12.0 Å². The number of carbonyl (C=O) groups excluding carboxylic acids is 1. The zero-order chi connectivity index (χ0) is 17.0. The van der Waals surface area contributed by atoms with Crippen molar-refractivity contribution in [1.82, 2.24) is 4.90 Å². The molecule has 1 amide bonds. The van der Waals surface area contributed by atoms with Gasteiger partial charge in [0.1, 0.15) is 6.61 Å². The number of ether oxygens (including phenoxy) is 1. The van der Waals surface area contributed by atoms with E-state index < -0.39 is 0 Å². The minimum atomic E-state index is 0.103. The molecule has 0 unspecified atom stereocenters. The first-order valence-corrected chi connectivity index (χ1v) is 9.03. The molecule has 0 spiro atoms. The molecule has 4 nitrogen and oxygen atoms in total. The van der Waals surface area contributed by atoms with Gasteiger partial charge in [0.25, 0.3) is 0 Å². The van der Waals surface area contributed by atoms with E-state index in [1.165, 1.54) is 28.1 Å². The monoisotopic (exact) mass is 334 g/mol. The lowest BCUT2D eigenvalue weighted by Gasteiger charge is -2.43. The van der Waals surface area contributed by atoms with E-state index in [0.717, 1.165) is 25.9 Å². The van der Waals surface area contributed by atoms with Gasteiger partial charge in [-0.15, -0.1) is 0 Å². The molecule has 2 aliphatic heterocycles. The first-order chi connectivity index (χ1) is 12.3. The smallest absolute Gasteiger partial charge is 0.249 e. The Morgan fingerprint density at radius 3 is 3.04 bits per heavy atom. The normalized spacial score (nSPS) is 26.2. The number of allylic oxidation sites excluding steroid dienone is 5. The highest BCUT2D eigenvalue weighted by molar-refractivity contribution is 5.80. The summed E-state index contributed by atoms with van der Waals surface area (Å²) in [7, 11) is 1.59. The summed E-state index contributed by atoms with van der Waals surface area (Å²) in [6.45, 7) is 1.78. The van der Waals surface area contributed by atoms with Gasteiger partial charge in [-0.05, 0) is 35.6 Å². The summed E-state index contributed by atoms with van der Waals surface area (Å²) < 4.78 is 5.12. The molecule has 1 fully saturated rings. The van der Waals surface area contributed by atoms with Crippen molar-refractivity contribution in [1.29, 1.82) is 0 Å². The minimum absolute atomic E-state index is 0.103. The number of hydrogen-bond acceptors (Lipinski definition) is 3. The Morgan fingerprint density at radius 1 is 1.28 bits per heavy atom. The fourth-order valence-corrected chi connectivity index (χ4v) is 4.93. The molecule has 1 saturated heterocycles. The van der Waals surface area contributed by atoms with Crippen LogP contribution < -0.4 is 4.90 Å². The number of para-hydroxylation sites is 1. The number of amides is 1. The molecule has 0 radical (unpaired) electrons. The number of hydrogen-bond donors (Lipinski definition) is 0. The number of carbonyl (C=O) groups is 1. The molecule has 0 saturated carbocycles. The van der Waals surface area contributed by atoms with E-state index in [1.807, 2.05) is 4.90 Å². The van der Waals surface area contributed by atoms with E-state index in [1.54, 1.807) is 7.11 Å². The van der Waals surface area contributed by atoms with Gasteiger partial charge >= 0.3 is 0 Å². The van der Waals surface area contributed by atoms with Crippen LogP contribution in [0.3, 0.4) is 0 Å². The van der Waals surface area contributed by atoms with E-state index in [-0.39, 0.29) is 18.6 Å². The van der Waals surface area contributed by atoms with E-state index in [4.69, 9.17) is 4.74 Å². The van der Waals surface area contributed by atoms with Crippen LogP contribution in [0.2, 0.25) is 0 Å². The number of nitrogens with zero attached hydrogens (tertiary/aromatic N) is 2. The van der Waals surface area contributed by atoms with Crippen LogP contribution in [-0.4, -0.2) is 43.7 Å². The van der Waals surface area contributed by atoms with Crippen LogP contribution >= 0.6 is 0 Å². The van der Waals surface area contributed by atoms with Gasteiger partial charge in [-0.1, -0.05) is 36.4 Å². The lowest BCUT2D eigenvalue weighted by atomic mass is 9.87. The van der Waals surface area contributed by atoms with Crippen LogP contribution in [0.15, 0.2) is 59.3 Å². The van der Waals surface area contributed by atoms with Crippen molar-refractivity contribution in [3.05, 3.63) is 64.9 Å². The first-order valence-electron chi connectivity index (χ1n) is 9.03. The summed E-state index contributed by atoms with van der Waals surface area (Å²) in [6, 6.07) is 8.87. The SMILES string of the molecule is COCC(=O)N1CCN2C3=C4C(=CC=C[C@@H]4C[C@H]31)Cc1ccccc12. The van der Waals surface area contributed by atoms with Gasteiger partial charge in [-0.2, -0.15) is 0 Å². The Bertz CT molecular complexity index is 836. The van der Waals surface area contributed by atoms with Crippen LogP contribution in [0.5, 0.6) is 0 Å². The van der Waals surface area contributed by atoms with Gasteiger partial charge in [0, 0.05) is 37.5 Å². The molecule has 2 heterocycles. The number of anilines is 1. The Kier molecular flexibility index (Phi) is 3.35. The van der Waals surface area contributed by atoms with Gasteiger partial charge in [0.15, 0.2) is 0 Å². The zero-order valence-corrected chi connectivity index (χ0v) is 14.4. The molecule has 2 aliphatic carbocycles. The second kappa shape index (κ2) is 5.60. The van der Waals surface area contributed by atoms with Crippen molar-refractivity contribution < 1.29 is 9.53 Å². The molecule has 1 aromatic rings. The molecule has 4 heteroatoms. The Hall–Kier alpha value is -2.33. The standard InChI is InChI=1S/C21H22N2O2/c1-25-13-19(24)22-9-10-23-17-8-3-2-5-14(17)11-15-6-4-7-16-12-18(22)21(23)20(15)16/h2-8,16,18H,9-13H2,1H3/t16-,18-/m1/s1. The molecule has 0 aromatic heterocycles. The summed E-state index contributed by atoms with van der Waals surface area (Å²) in [5, 5.41) is 0. The van der Waals surface area contributed by atoms with Gasteiger partial charge < -0.3 is 14.5 Å². The predicted octanol–water partition coefficient (Wildman–Crippen LogP) is 2.68. The number of rotatable bonds is 2. The highest BCUT2D eigenvalue weighted by Crippen LogP contribution is 2.49. The average Bonchev–Trinajstić information content (AvgIpc) is 2.95. The van der Waals surface area contributed by atoms with Gasteiger partial charge in [-0.25, -0.2) is 0 Å². The minimum Gasteiger partial charge on any atom is -0.375 e. The molecule has 0 N–H and O–H groups in total. The first kappa shape index (κ1) is 15.0.